The molecule has 2 amide bonds. The fraction of sp³-hybridized carbons (Fsp3) is 0.385. The highest BCUT2D eigenvalue weighted by atomic mass is 32.1. The Morgan fingerprint density at radius 3 is 2.94 bits per heavy atom. The number of nitrogens with zero attached hydrogens (tertiary/aromatic N) is 1. The Balaban J connectivity index is 2.18. The fourth-order valence-electron chi connectivity index (χ4n) is 2.06. The van der Waals surface area contributed by atoms with Crippen molar-refractivity contribution < 1.29 is 9.59 Å². The first-order valence-electron chi connectivity index (χ1n) is 5.92. The number of nitrogens with one attached hydrogen (secondary N) is 1. The van der Waals surface area contributed by atoms with Crippen molar-refractivity contribution in [1.82, 2.24) is 0 Å². The van der Waals surface area contributed by atoms with Crippen molar-refractivity contribution in [3.63, 3.8) is 0 Å². The van der Waals surface area contributed by atoms with Crippen LogP contribution in [0.15, 0.2) is 18.2 Å². The molecule has 0 saturated carbocycles. The van der Waals surface area contributed by atoms with E-state index in [0.29, 0.717) is 18.6 Å². The van der Waals surface area contributed by atoms with Gasteiger partial charge in [0.15, 0.2) is 0 Å². The number of hydrogen-bond donors (Lipinski definition) is 2. The quantitative estimate of drug-likeness (QED) is 0.819. The molecule has 0 aromatic heterocycles. The van der Waals surface area contributed by atoms with Crippen LogP contribution < -0.4 is 10.2 Å². The minimum absolute atomic E-state index is 0.0369. The molecule has 1 heterocycles. The molecule has 96 valence electrons. The Morgan fingerprint density at radius 2 is 2.22 bits per heavy atom. The third kappa shape index (κ3) is 2.67. The minimum atomic E-state index is -0.0369. The van der Waals surface area contributed by atoms with Crippen molar-refractivity contribution in [2.24, 2.45) is 0 Å². The average Bonchev–Trinajstić information content (AvgIpc) is 2.34. The maximum absolute atomic E-state index is 11.6. The van der Waals surface area contributed by atoms with E-state index in [1.54, 1.807) is 11.9 Å². The van der Waals surface area contributed by atoms with Gasteiger partial charge in [-0.3, -0.25) is 9.59 Å². The first kappa shape index (κ1) is 13.0. The predicted molar refractivity (Wildman–Crippen MR) is 75.3 cm³/mol. The van der Waals surface area contributed by atoms with Crippen LogP contribution in [-0.4, -0.2) is 24.6 Å². The summed E-state index contributed by atoms with van der Waals surface area (Å²) < 4.78 is 0. The molecule has 5 heteroatoms. The lowest BCUT2D eigenvalue weighted by Gasteiger charge is -2.26. The van der Waals surface area contributed by atoms with E-state index in [9.17, 15) is 9.59 Å². The summed E-state index contributed by atoms with van der Waals surface area (Å²) in [5.74, 6) is 0.633. The van der Waals surface area contributed by atoms with E-state index in [1.165, 1.54) is 0 Å². The third-order valence-corrected chi connectivity index (χ3v) is 3.27. The Bertz CT molecular complexity index is 488. The van der Waals surface area contributed by atoms with E-state index in [2.05, 4.69) is 17.9 Å². The Labute approximate surface area is 112 Å². The molecule has 2 rings (SSSR count). The number of aryl methyl sites for hydroxylation is 1. The first-order valence-corrected chi connectivity index (χ1v) is 6.55. The molecular weight excluding hydrogens is 248 g/mol. The summed E-state index contributed by atoms with van der Waals surface area (Å²) >= 11 is 4.02. The van der Waals surface area contributed by atoms with Crippen molar-refractivity contribution in [2.45, 2.75) is 19.3 Å². The molecule has 0 atom stereocenters. The largest absolute Gasteiger partial charge is 0.326 e. The normalized spacial score (nSPS) is 14.3. The molecule has 0 saturated heterocycles. The number of benzene rings is 1. The van der Waals surface area contributed by atoms with Crippen LogP contribution in [0.25, 0.3) is 0 Å². The van der Waals surface area contributed by atoms with Gasteiger partial charge in [-0.15, -0.1) is 0 Å². The summed E-state index contributed by atoms with van der Waals surface area (Å²) in [4.78, 5) is 24.7. The maximum atomic E-state index is 11.6. The van der Waals surface area contributed by atoms with Gasteiger partial charge in [-0.05, 0) is 35.9 Å². The van der Waals surface area contributed by atoms with Crippen molar-refractivity contribution >= 4 is 35.8 Å². The van der Waals surface area contributed by atoms with Crippen LogP contribution in [0.4, 0.5) is 11.4 Å². The lowest BCUT2D eigenvalue weighted by molar-refractivity contribution is -0.118. The summed E-state index contributed by atoms with van der Waals surface area (Å²) in [5.41, 5.74) is 2.81. The van der Waals surface area contributed by atoms with Gasteiger partial charge in [0.05, 0.1) is 0 Å². The van der Waals surface area contributed by atoms with Crippen molar-refractivity contribution in [2.75, 3.05) is 23.0 Å². The van der Waals surface area contributed by atoms with Gasteiger partial charge in [0, 0.05) is 31.3 Å². The SMILES string of the molecule is CN1C(=O)CCc2cc(NC(=O)CCS)ccc21. The standard InChI is InChI=1S/C13H16N2O2S/c1-15-11-4-3-10(14-12(16)6-7-18)8-9(11)2-5-13(15)17/h3-4,8,18H,2,5-7H2,1H3,(H,14,16). The molecule has 4 nitrogen and oxygen atoms in total. The molecule has 1 aromatic rings. The van der Waals surface area contributed by atoms with Gasteiger partial charge in [0.2, 0.25) is 11.8 Å². The van der Waals surface area contributed by atoms with Crippen LogP contribution in [0.3, 0.4) is 0 Å². The van der Waals surface area contributed by atoms with Gasteiger partial charge in [-0.2, -0.15) is 12.6 Å². The van der Waals surface area contributed by atoms with Gasteiger partial charge < -0.3 is 10.2 Å². The Hall–Kier alpha value is -1.49. The van der Waals surface area contributed by atoms with Gasteiger partial charge in [-0.1, -0.05) is 0 Å². The van der Waals surface area contributed by atoms with E-state index >= 15 is 0 Å². The van der Waals surface area contributed by atoms with Crippen LogP contribution in [0.2, 0.25) is 0 Å². The van der Waals surface area contributed by atoms with Crippen LogP contribution >= 0.6 is 12.6 Å². The molecule has 0 radical (unpaired) electrons. The number of rotatable bonds is 3. The van der Waals surface area contributed by atoms with Crippen molar-refractivity contribution in [3.05, 3.63) is 23.8 Å². The van der Waals surface area contributed by atoms with Crippen LogP contribution in [0.5, 0.6) is 0 Å². The van der Waals surface area contributed by atoms with E-state index in [4.69, 9.17) is 0 Å². The summed E-state index contributed by atoms with van der Waals surface area (Å²) in [6.45, 7) is 0. The second-order valence-corrected chi connectivity index (χ2v) is 4.77. The average molecular weight is 264 g/mol. The van der Waals surface area contributed by atoms with Gasteiger partial charge >= 0.3 is 0 Å². The highest BCUT2D eigenvalue weighted by Gasteiger charge is 2.20. The molecule has 0 aliphatic carbocycles. The lowest BCUT2D eigenvalue weighted by Crippen LogP contribution is -2.31. The monoisotopic (exact) mass is 264 g/mol. The Morgan fingerprint density at radius 1 is 1.44 bits per heavy atom. The predicted octanol–water partition coefficient (Wildman–Crippen LogP) is 1.85. The molecule has 1 aliphatic heterocycles. The van der Waals surface area contributed by atoms with Crippen molar-refractivity contribution in [3.8, 4) is 0 Å². The maximum Gasteiger partial charge on any atom is 0.227 e. The summed E-state index contributed by atoms with van der Waals surface area (Å²) in [5, 5.41) is 2.83. The Kier molecular flexibility index (Phi) is 3.91. The van der Waals surface area contributed by atoms with Gasteiger partial charge in [0.1, 0.15) is 0 Å². The second-order valence-electron chi connectivity index (χ2n) is 4.32. The third-order valence-electron chi connectivity index (χ3n) is 3.05. The summed E-state index contributed by atoms with van der Waals surface area (Å²) in [6.07, 6.45) is 1.66. The van der Waals surface area contributed by atoms with E-state index in [0.717, 1.165) is 23.4 Å². The second kappa shape index (κ2) is 5.44. The number of carbonyl (C=O) groups is 2. The van der Waals surface area contributed by atoms with Crippen LogP contribution in [0, 0.1) is 0 Å². The number of thiol groups is 1. The zero-order chi connectivity index (χ0) is 13.1. The number of carbonyl (C=O) groups excluding carboxylic acids is 2. The zero-order valence-electron chi connectivity index (χ0n) is 10.3. The van der Waals surface area contributed by atoms with Crippen LogP contribution in [0.1, 0.15) is 18.4 Å². The summed E-state index contributed by atoms with van der Waals surface area (Å²) in [7, 11) is 1.78. The van der Waals surface area contributed by atoms with Crippen LogP contribution in [-0.2, 0) is 16.0 Å². The van der Waals surface area contributed by atoms with E-state index in [-0.39, 0.29) is 11.8 Å². The smallest absolute Gasteiger partial charge is 0.227 e. The molecule has 1 aliphatic rings. The molecule has 0 unspecified atom stereocenters. The highest BCUT2D eigenvalue weighted by Crippen LogP contribution is 2.29. The molecule has 1 N–H and O–H groups in total. The highest BCUT2D eigenvalue weighted by molar-refractivity contribution is 7.80. The molecule has 0 spiro atoms. The molecule has 1 aromatic carbocycles. The van der Waals surface area contributed by atoms with Gasteiger partial charge in [0.25, 0.3) is 0 Å². The number of fused-ring (bicyclic) bond motifs is 1. The van der Waals surface area contributed by atoms with E-state index < -0.39 is 0 Å². The number of hydrogen-bond acceptors (Lipinski definition) is 3. The molecule has 0 fully saturated rings. The zero-order valence-corrected chi connectivity index (χ0v) is 11.2. The molecule has 18 heavy (non-hydrogen) atoms. The fourth-order valence-corrected chi connectivity index (χ4v) is 2.26. The first-order chi connectivity index (χ1) is 8.61. The van der Waals surface area contributed by atoms with Gasteiger partial charge in [-0.25, -0.2) is 0 Å². The van der Waals surface area contributed by atoms with Crippen molar-refractivity contribution in [1.29, 1.82) is 0 Å². The minimum Gasteiger partial charge on any atom is -0.326 e. The topological polar surface area (TPSA) is 49.4 Å². The number of amides is 2. The number of anilines is 2. The molecule has 0 bridgehead atoms. The summed E-state index contributed by atoms with van der Waals surface area (Å²) in [6, 6.07) is 5.64. The van der Waals surface area contributed by atoms with E-state index in [1.807, 2.05) is 18.2 Å². The molecular formula is C13H16N2O2S. The lowest BCUT2D eigenvalue weighted by atomic mass is 10.0.